The number of hydrogen-bond donors (Lipinski definition) is 2. The zero-order chi connectivity index (χ0) is 14.7. The van der Waals surface area contributed by atoms with Crippen LogP contribution in [0.5, 0.6) is 0 Å². The lowest BCUT2D eigenvalue weighted by Crippen LogP contribution is -2.45. The lowest BCUT2D eigenvalue weighted by atomic mass is 9.92. The minimum atomic E-state index is 0.526. The van der Waals surface area contributed by atoms with Crippen LogP contribution >= 0.6 is 11.6 Å². The maximum absolute atomic E-state index is 5.95. The number of halogens is 1. The monoisotopic (exact) mass is 306 g/mol. The highest BCUT2D eigenvalue weighted by Gasteiger charge is 2.35. The van der Waals surface area contributed by atoms with Crippen molar-refractivity contribution in [3.05, 3.63) is 34.9 Å². The molecule has 2 N–H and O–H groups in total. The van der Waals surface area contributed by atoms with Crippen LogP contribution in [0, 0.1) is 5.92 Å². The minimum absolute atomic E-state index is 0.526. The summed E-state index contributed by atoms with van der Waals surface area (Å²) in [6.45, 7) is 3.53. The van der Waals surface area contributed by atoms with Gasteiger partial charge in [-0.3, -0.25) is 0 Å². The Balaban J connectivity index is 1.53. The van der Waals surface area contributed by atoms with E-state index in [-0.39, 0.29) is 0 Å². The van der Waals surface area contributed by atoms with E-state index in [4.69, 9.17) is 11.6 Å². The summed E-state index contributed by atoms with van der Waals surface area (Å²) in [5.74, 6) is 0.833. The number of rotatable bonds is 5. The summed E-state index contributed by atoms with van der Waals surface area (Å²) in [5, 5.41) is 8.42. The molecule has 0 bridgehead atoms. The van der Waals surface area contributed by atoms with Crippen molar-refractivity contribution >= 4 is 11.6 Å². The lowest BCUT2D eigenvalue weighted by Gasteiger charge is -2.29. The topological polar surface area (TPSA) is 24.1 Å². The summed E-state index contributed by atoms with van der Waals surface area (Å²) in [7, 11) is 0. The molecule has 0 radical (unpaired) electrons. The molecule has 1 saturated carbocycles. The molecule has 116 valence electrons. The van der Waals surface area contributed by atoms with Crippen LogP contribution in [-0.2, 0) is 6.42 Å². The van der Waals surface area contributed by atoms with E-state index < -0.39 is 0 Å². The van der Waals surface area contributed by atoms with Gasteiger partial charge in [0.05, 0.1) is 0 Å². The van der Waals surface area contributed by atoms with Crippen molar-refractivity contribution in [1.82, 2.24) is 10.6 Å². The van der Waals surface area contributed by atoms with E-state index in [1.165, 1.54) is 44.2 Å². The molecular formula is C18H27ClN2. The second-order valence-corrected chi connectivity index (χ2v) is 7.24. The van der Waals surface area contributed by atoms with Crippen LogP contribution in [0.15, 0.2) is 24.3 Å². The molecule has 4 atom stereocenters. The smallest absolute Gasteiger partial charge is 0.0406 e. The first-order valence-corrected chi connectivity index (χ1v) is 8.84. The van der Waals surface area contributed by atoms with Crippen LogP contribution in [0.2, 0.25) is 5.02 Å². The summed E-state index contributed by atoms with van der Waals surface area (Å²) in [5.41, 5.74) is 1.37. The number of benzene rings is 1. The van der Waals surface area contributed by atoms with Gasteiger partial charge in [0.1, 0.15) is 0 Å². The molecule has 1 aromatic rings. The maximum Gasteiger partial charge on any atom is 0.0406 e. The van der Waals surface area contributed by atoms with Gasteiger partial charge in [-0.2, -0.15) is 0 Å². The zero-order valence-corrected chi connectivity index (χ0v) is 13.7. The maximum atomic E-state index is 5.95. The Kier molecular flexibility index (Phi) is 5.20. The van der Waals surface area contributed by atoms with E-state index in [0.717, 1.165) is 23.4 Å². The molecule has 4 unspecified atom stereocenters. The van der Waals surface area contributed by atoms with Crippen molar-refractivity contribution < 1.29 is 0 Å². The fourth-order valence-corrected chi connectivity index (χ4v) is 4.28. The Morgan fingerprint density at radius 2 is 2.00 bits per heavy atom. The second kappa shape index (κ2) is 7.13. The lowest BCUT2D eigenvalue weighted by molar-refractivity contribution is 0.301. The average molecular weight is 307 g/mol. The van der Waals surface area contributed by atoms with E-state index in [1.807, 2.05) is 12.1 Å². The summed E-state index contributed by atoms with van der Waals surface area (Å²) in [4.78, 5) is 0. The van der Waals surface area contributed by atoms with Crippen LogP contribution in [-0.4, -0.2) is 24.7 Å². The first-order valence-electron chi connectivity index (χ1n) is 8.46. The third-order valence-electron chi connectivity index (χ3n) is 5.14. The van der Waals surface area contributed by atoms with E-state index >= 15 is 0 Å². The fraction of sp³-hybridized carbons (Fsp3) is 0.667. The highest BCUT2D eigenvalue weighted by Crippen LogP contribution is 2.32. The third kappa shape index (κ3) is 4.00. The molecule has 2 aliphatic rings. The normalized spacial score (nSPS) is 30.7. The van der Waals surface area contributed by atoms with Gasteiger partial charge >= 0.3 is 0 Å². The quantitative estimate of drug-likeness (QED) is 0.865. The van der Waals surface area contributed by atoms with Crippen LogP contribution in [0.25, 0.3) is 0 Å². The molecule has 2 fully saturated rings. The van der Waals surface area contributed by atoms with Crippen LogP contribution in [0.1, 0.15) is 44.6 Å². The first kappa shape index (κ1) is 15.3. The standard InChI is InChI=1S/C18H27ClN2/c1-13(12-14-7-9-15(19)10-8-14)21-18-5-2-4-16(18)17-6-3-11-20-17/h7-10,13,16-18,20-21H,2-6,11-12H2,1H3. The predicted molar refractivity (Wildman–Crippen MR) is 89.9 cm³/mol. The van der Waals surface area contributed by atoms with Gasteiger partial charge in [0, 0.05) is 23.1 Å². The highest BCUT2D eigenvalue weighted by atomic mass is 35.5. The molecule has 3 heteroatoms. The molecule has 1 saturated heterocycles. The molecule has 21 heavy (non-hydrogen) atoms. The van der Waals surface area contributed by atoms with Gasteiger partial charge in [0.15, 0.2) is 0 Å². The molecular weight excluding hydrogens is 280 g/mol. The van der Waals surface area contributed by atoms with Crippen LogP contribution in [0.3, 0.4) is 0 Å². The number of hydrogen-bond acceptors (Lipinski definition) is 2. The second-order valence-electron chi connectivity index (χ2n) is 6.80. The van der Waals surface area contributed by atoms with Crippen molar-refractivity contribution in [3.8, 4) is 0 Å². The van der Waals surface area contributed by atoms with Gasteiger partial charge in [-0.1, -0.05) is 30.2 Å². The highest BCUT2D eigenvalue weighted by molar-refractivity contribution is 6.30. The Labute approximate surface area is 133 Å². The number of nitrogens with one attached hydrogen (secondary N) is 2. The Hall–Kier alpha value is -0.570. The van der Waals surface area contributed by atoms with Gasteiger partial charge in [0.2, 0.25) is 0 Å². The molecule has 3 rings (SSSR count). The van der Waals surface area contributed by atoms with E-state index in [0.29, 0.717) is 12.1 Å². The van der Waals surface area contributed by atoms with E-state index in [1.54, 1.807) is 0 Å². The SMILES string of the molecule is CC(Cc1ccc(Cl)cc1)NC1CCCC1C1CCCN1. The summed E-state index contributed by atoms with van der Waals surface area (Å²) < 4.78 is 0. The fourth-order valence-electron chi connectivity index (χ4n) is 4.15. The van der Waals surface area contributed by atoms with Gasteiger partial charge in [-0.25, -0.2) is 0 Å². The summed E-state index contributed by atoms with van der Waals surface area (Å²) in [6.07, 6.45) is 7.92. The zero-order valence-electron chi connectivity index (χ0n) is 12.9. The van der Waals surface area contributed by atoms with Crippen molar-refractivity contribution in [2.45, 2.75) is 63.6 Å². The minimum Gasteiger partial charge on any atom is -0.314 e. The van der Waals surface area contributed by atoms with Crippen LogP contribution < -0.4 is 10.6 Å². The Bertz CT molecular complexity index is 439. The molecule has 1 aliphatic heterocycles. The molecule has 0 amide bonds. The summed E-state index contributed by atoms with van der Waals surface area (Å²) in [6, 6.07) is 10.2. The van der Waals surface area contributed by atoms with Crippen LogP contribution in [0.4, 0.5) is 0 Å². The van der Waals surface area contributed by atoms with E-state index in [9.17, 15) is 0 Å². The molecule has 1 heterocycles. The largest absolute Gasteiger partial charge is 0.314 e. The first-order chi connectivity index (χ1) is 10.2. The Morgan fingerprint density at radius 3 is 2.71 bits per heavy atom. The molecule has 2 nitrogen and oxygen atoms in total. The summed E-state index contributed by atoms with van der Waals surface area (Å²) >= 11 is 5.95. The third-order valence-corrected chi connectivity index (χ3v) is 5.39. The predicted octanol–water partition coefficient (Wildman–Crippen LogP) is 3.78. The van der Waals surface area contributed by atoms with Gasteiger partial charge in [-0.15, -0.1) is 0 Å². The van der Waals surface area contributed by atoms with E-state index in [2.05, 4.69) is 29.7 Å². The molecule has 1 aliphatic carbocycles. The van der Waals surface area contributed by atoms with Gasteiger partial charge in [-0.05, 0) is 69.2 Å². The van der Waals surface area contributed by atoms with Gasteiger partial charge in [0.25, 0.3) is 0 Å². The Morgan fingerprint density at radius 1 is 1.19 bits per heavy atom. The molecule has 0 aromatic heterocycles. The van der Waals surface area contributed by atoms with Gasteiger partial charge < -0.3 is 10.6 Å². The van der Waals surface area contributed by atoms with Crippen molar-refractivity contribution in [2.24, 2.45) is 5.92 Å². The van der Waals surface area contributed by atoms with Crippen molar-refractivity contribution in [1.29, 1.82) is 0 Å². The average Bonchev–Trinajstić information content (AvgIpc) is 3.11. The van der Waals surface area contributed by atoms with Crippen molar-refractivity contribution in [3.63, 3.8) is 0 Å². The van der Waals surface area contributed by atoms with Crippen molar-refractivity contribution in [2.75, 3.05) is 6.54 Å². The molecule has 0 spiro atoms. The molecule has 1 aromatic carbocycles.